The molecule has 2 heterocycles. The predicted molar refractivity (Wildman–Crippen MR) is 115 cm³/mol. The molecule has 0 radical (unpaired) electrons. The van der Waals surface area contributed by atoms with Crippen LogP contribution in [0, 0.1) is 6.92 Å². The maximum absolute atomic E-state index is 11.8. The third-order valence-electron chi connectivity index (χ3n) is 5.36. The van der Waals surface area contributed by atoms with E-state index in [-0.39, 0.29) is 6.04 Å². The maximum atomic E-state index is 11.8. The van der Waals surface area contributed by atoms with E-state index in [1.54, 1.807) is 11.3 Å². The van der Waals surface area contributed by atoms with Gasteiger partial charge in [0, 0.05) is 16.3 Å². The smallest absolute Gasteiger partial charge is 0.320 e. The van der Waals surface area contributed by atoms with Gasteiger partial charge < -0.3 is 9.84 Å². The molecule has 5 heteroatoms. The molecule has 2 aromatic carbocycles. The SMILES string of the molecule is Cc1ccc(C(c2cccc(OCc3ccccc3)c2)N2CCCC2C(=O)O)s1. The molecule has 0 saturated carbocycles. The normalized spacial score (nSPS) is 17.9. The molecule has 4 nitrogen and oxygen atoms in total. The van der Waals surface area contributed by atoms with Crippen LogP contribution in [-0.4, -0.2) is 28.6 Å². The Morgan fingerprint density at radius 1 is 1.17 bits per heavy atom. The third-order valence-corrected chi connectivity index (χ3v) is 6.42. The molecular weight excluding hydrogens is 382 g/mol. The molecule has 1 aromatic heterocycles. The van der Waals surface area contributed by atoms with Crippen molar-refractivity contribution in [3.63, 3.8) is 0 Å². The van der Waals surface area contributed by atoms with E-state index in [1.165, 1.54) is 9.75 Å². The van der Waals surface area contributed by atoms with E-state index in [0.29, 0.717) is 13.0 Å². The van der Waals surface area contributed by atoms with Crippen LogP contribution in [0.3, 0.4) is 0 Å². The summed E-state index contributed by atoms with van der Waals surface area (Å²) in [6.07, 6.45) is 1.60. The second-order valence-electron chi connectivity index (χ2n) is 7.43. The van der Waals surface area contributed by atoms with Gasteiger partial charge in [-0.3, -0.25) is 9.69 Å². The molecule has 2 unspecified atom stereocenters. The van der Waals surface area contributed by atoms with Crippen molar-refractivity contribution in [2.75, 3.05) is 6.54 Å². The highest BCUT2D eigenvalue weighted by Crippen LogP contribution is 2.39. The van der Waals surface area contributed by atoms with Crippen LogP contribution in [0.25, 0.3) is 0 Å². The third kappa shape index (κ3) is 4.52. The first-order chi connectivity index (χ1) is 14.1. The van der Waals surface area contributed by atoms with E-state index in [0.717, 1.165) is 29.8 Å². The summed E-state index contributed by atoms with van der Waals surface area (Å²) in [5.41, 5.74) is 2.19. The highest BCUT2D eigenvalue weighted by Gasteiger charge is 2.37. The summed E-state index contributed by atoms with van der Waals surface area (Å²) in [5.74, 6) is 0.0629. The Hall–Kier alpha value is -2.63. The highest BCUT2D eigenvalue weighted by atomic mass is 32.1. The molecule has 1 aliphatic heterocycles. The summed E-state index contributed by atoms with van der Waals surface area (Å²) >= 11 is 1.73. The molecule has 150 valence electrons. The fraction of sp³-hybridized carbons (Fsp3) is 0.292. The molecule has 2 atom stereocenters. The van der Waals surface area contributed by atoms with Crippen molar-refractivity contribution in [2.45, 2.75) is 38.5 Å². The minimum atomic E-state index is -0.739. The molecule has 3 aromatic rings. The van der Waals surface area contributed by atoms with Crippen LogP contribution in [0.1, 0.15) is 39.8 Å². The standard InChI is InChI=1S/C24H25NO3S/c1-17-12-13-22(29-17)23(25-14-6-11-21(25)24(26)27)19-9-5-10-20(15-19)28-16-18-7-3-2-4-8-18/h2-5,7-10,12-13,15,21,23H,6,11,14,16H2,1H3,(H,26,27). The minimum absolute atomic E-state index is 0.0717. The number of hydrogen-bond acceptors (Lipinski definition) is 4. The summed E-state index contributed by atoms with van der Waals surface area (Å²) in [5, 5.41) is 9.73. The lowest BCUT2D eigenvalue weighted by molar-refractivity contribution is -0.142. The van der Waals surface area contributed by atoms with Crippen molar-refractivity contribution in [3.05, 3.63) is 87.6 Å². The number of aliphatic carboxylic acids is 1. The Morgan fingerprint density at radius 2 is 2.00 bits per heavy atom. The van der Waals surface area contributed by atoms with Crippen molar-refractivity contribution in [3.8, 4) is 5.75 Å². The number of carbonyl (C=O) groups is 1. The number of nitrogens with zero attached hydrogens (tertiary/aromatic N) is 1. The fourth-order valence-electron chi connectivity index (χ4n) is 4.00. The van der Waals surface area contributed by atoms with E-state index >= 15 is 0 Å². The van der Waals surface area contributed by atoms with Crippen molar-refractivity contribution >= 4 is 17.3 Å². The monoisotopic (exact) mass is 407 g/mol. The second kappa shape index (κ2) is 8.80. The number of benzene rings is 2. The zero-order valence-electron chi connectivity index (χ0n) is 16.5. The Bertz CT molecular complexity index is 969. The first kappa shape index (κ1) is 19.7. The molecular formula is C24H25NO3S. The van der Waals surface area contributed by atoms with Crippen molar-refractivity contribution in [1.82, 2.24) is 4.90 Å². The summed E-state index contributed by atoms with van der Waals surface area (Å²) < 4.78 is 6.03. The van der Waals surface area contributed by atoms with Gasteiger partial charge in [0.05, 0.1) is 6.04 Å². The lowest BCUT2D eigenvalue weighted by Crippen LogP contribution is -2.39. The highest BCUT2D eigenvalue weighted by molar-refractivity contribution is 7.12. The van der Waals surface area contributed by atoms with Gasteiger partial charge >= 0.3 is 5.97 Å². The summed E-state index contributed by atoms with van der Waals surface area (Å²) in [4.78, 5) is 16.4. The number of rotatable bonds is 7. The molecule has 0 aliphatic carbocycles. The van der Waals surface area contributed by atoms with Crippen LogP contribution < -0.4 is 4.74 Å². The van der Waals surface area contributed by atoms with Gasteiger partial charge in [-0.2, -0.15) is 0 Å². The zero-order valence-corrected chi connectivity index (χ0v) is 17.3. The number of carboxylic acids is 1. The number of ether oxygens (including phenoxy) is 1. The molecule has 1 aliphatic rings. The van der Waals surface area contributed by atoms with Crippen LogP contribution >= 0.6 is 11.3 Å². The van der Waals surface area contributed by atoms with Crippen molar-refractivity contribution in [2.24, 2.45) is 0 Å². The molecule has 1 fully saturated rings. The van der Waals surface area contributed by atoms with Crippen LogP contribution in [0.2, 0.25) is 0 Å². The summed E-state index contributed by atoms with van der Waals surface area (Å²) in [6.45, 7) is 3.38. The number of carboxylic acid groups (broad SMARTS) is 1. The van der Waals surface area contributed by atoms with E-state index in [1.807, 2.05) is 42.5 Å². The van der Waals surface area contributed by atoms with Gasteiger partial charge in [-0.15, -0.1) is 11.3 Å². The first-order valence-corrected chi connectivity index (χ1v) is 10.7. The van der Waals surface area contributed by atoms with Gasteiger partial charge in [0.1, 0.15) is 18.4 Å². The molecule has 0 bridgehead atoms. The lowest BCUT2D eigenvalue weighted by Gasteiger charge is -2.31. The topological polar surface area (TPSA) is 49.8 Å². The lowest BCUT2D eigenvalue weighted by atomic mass is 10.0. The first-order valence-electron chi connectivity index (χ1n) is 9.93. The van der Waals surface area contributed by atoms with Crippen LogP contribution in [0.5, 0.6) is 5.75 Å². The summed E-state index contributed by atoms with van der Waals surface area (Å²) in [6, 6.07) is 21.9. The average molecular weight is 408 g/mol. The second-order valence-corrected chi connectivity index (χ2v) is 8.75. The van der Waals surface area contributed by atoms with Crippen molar-refractivity contribution < 1.29 is 14.6 Å². The number of thiophene rings is 1. The fourth-order valence-corrected chi connectivity index (χ4v) is 5.03. The van der Waals surface area contributed by atoms with E-state index in [2.05, 4.69) is 36.1 Å². The maximum Gasteiger partial charge on any atom is 0.320 e. The number of likely N-dealkylation sites (tertiary alicyclic amines) is 1. The predicted octanol–water partition coefficient (Wildman–Crippen LogP) is 5.27. The molecule has 1 N–H and O–H groups in total. The summed E-state index contributed by atoms with van der Waals surface area (Å²) in [7, 11) is 0. The van der Waals surface area contributed by atoms with Gasteiger partial charge in [-0.1, -0.05) is 42.5 Å². The quantitative estimate of drug-likeness (QED) is 0.579. The Kier molecular flexibility index (Phi) is 5.97. The van der Waals surface area contributed by atoms with Gasteiger partial charge in [-0.05, 0) is 55.2 Å². The zero-order chi connectivity index (χ0) is 20.2. The van der Waals surface area contributed by atoms with Crippen LogP contribution in [0.15, 0.2) is 66.7 Å². The minimum Gasteiger partial charge on any atom is -0.489 e. The molecule has 0 spiro atoms. The number of hydrogen-bond donors (Lipinski definition) is 1. The Labute approximate surface area is 175 Å². The van der Waals surface area contributed by atoms with Gasteiger partial charge in [0.25, 0.3) is 0 Å². The van der Waals surface area contributed by atoms with Crippen LogP contribution in [0.4, 0.5) is 0 Å². The van der Waals surface area contributed by atoms with Gasteiger partial charge in [-0.25, -0.2) is 0 Å². The molecule has 4 rings (SSSR count). The molecule has 29 heavy (non-hydrogen) atoms. The average Bonchev–Trinajstić information content (AvgIpc) is 3.38. The number of aryl methyl sites for hydroxylation is 1. The van der Waals surface area contributed by atoms with E-state index < -0.39 is 12.0 Å². The van der Waals surface area contributed by atoms with Crippen molar-refractivity contribution in [1.29, 1.82) is 0 Å². The van der Waals surface area contributed by atoms with Gasteiger partial charge in [0.15, 0.2) is 0 Å². The van der Waals surface area contributed by atoms with E-state index in [4.69, 9.17) is 4.74 Å². The van der Waals surface area contributed by atoms with E-state index in [9.17, 15) is 9.90 Å². The largest absolute Gasteiger partial charge is 0.489 e. The molecule has 0 amide bonds. The molecule has 1 saturated heterocycles. The van der Waals surface area contributed by atoms with Gasteiger partial charge in [0.2, 0.25) is 0 Å². The Balaban J connectivity index is 1.63. The Morgan fingerprint density at radius 3 is 2.72 bits per heavy atom. The van der Waals surface area contributed by atoms with Crippen LogP contribution in [-0.2, 0) is 11.4 Å².